The van der Waals surface area contributed by atoms with Gasteiger partial charge in [0.1, 0.15) is 27.5 Å². The maximum Gasteiger partial charge on any atom is 0.407 e. The number of thiazole rings is 1. The van der Waals surface area contributed by atoms with Gasteiger partial charge in [-0.1, -0.05) is 12.1 Å². The lowest BCUT2D eigenvalue weighted by molar-refractivity contribution is 0.0505. The van der Waals surface area contributed by atoms with E-state index >= 15 is 4.39 Å². The molecule has 3 aromatic heterocycles. The summed E-state index contributed by atoms with van der Waals surface area (Å²) in [6, 6.07) is 9.13. The number of amides is 2. The molecule has 3 atom stereocenters. The third kappa shape index (κ3) is 5.84. The summed E-state index contributed by atoms with van der Waals surface area (Å²) in [6.45, 7) is 6.92. The Kier molecular flexibility index (Phi) is 7.89. The van der Waals surface area contributed by atoms with Gasteiger partial charge >= 0.3 is 6.09 Å². The molecule has 3 unspecified atom stereocenters. The van der Waals surface area contributed by atoms with Gasteiger partial charge < -0.3 is 20.3 Å². The zero-order valence-electron chi connectivity index (χ0n) is 25.0. The number of ether oxygens (including phenoxy) is 1. The number of halogens is 1. The fourth-order valence-corrected chi connectivity index (χ4v) is 7.71. The molecule has 6 rings (SSSR count). The molecule has 2 amide bonds. The van der Waals surface area contributed by atoms with Crippen molar-refractivity contribution in [3.8, 4) is 0 Å². The average Bonchev–Trinajstić information content (AvgIpc) is 3.66. The smallest absolute Gasteiger partial charge is 0.407 e. The van der Waals surface area contributed by atoms with Gasteiger partial charge in [-0.2, -0.15) is 0 Å². The minimum atomic E-state index is -0.613. The monoisotopic (exact) mass is 607 g/mol. The Morgan fingerprint density at radius 2 is 1.98 bits per heavy atom. The van der Waals surface area contributed by atoms with Crippen LogP contribution in [0.2, 0.25) is 0 Å². The molecule has 1 aliphatic heterocycles. The summed E-state index contributed by atoms with van der Waals surface area (Å²) in [4.78, 5) is 47.3. The first-order valence-electron chi connectivity index (χ1n) is 15.0. The Hall–Kier alpha value is -3.57. The van der Waals surface area contributed by atoms with Gasteiger partial charge in [0.15, 0.2) is 0 Å². The molecule has 4 aromatic rings. The van der Waals surface area contributed by atoms with E-state index < -0.39 is 28.8 Å². The fourth-order valence-electron chi connectivity index (χ4n) is 6.53. The van der Waals surface area contributed by atoms with Crippen LogP contribution in [0.25, 0.3) is 26.1 Å². The molecular formula is C32H38FN5O4S. The predicted molar refractivity (Wildman–Crippen MR) is 167 cm³/mol. The number of nitrogens with one attached hydrogen (secondary N) is 2. The number of benzene rings is 1. The summed E-state index contributed by atoms with van der Waals surface area (Å²) in [7, 11) is 2.09. The van der Waals surface area contributed by atoms with Gasteiger partial charge in [-0.05, 0) is 91.1 Å². The van der Waals surface area contributed by atoms with Crippen LogP contribution in [0.5, 0.6) is 0 Å². The number of alkyl carbamates (subject to hydrolysis) is 1. The molecular weight excluding hydrogens is 569 g/mol. The third-order valence-corrected chi connectivity index (χ3v) is 9.74. The Bertz CT molecular complexity index is 1780. The summed E-state index contributed by atoms with van der Waals surface area (Å²) in [6.07, 6.45) is 4.35. The molecule has 4 heterocycles. The van der Waals surface area contributed by atoms with Crippen LogP contribution in [0.15, 0.2) is 35.1 Å². The van der Waals surface area contributed by atoms with E-state index in [4.69, 9.17) is 9.72 Å². The van der Waals surface area contributed by atoms with E-state index in [0.29, 0.717) is 42.3 Å². The maximum atomic E-state index is 15.7. The molecule has 11 heteroatoms. The lowest BCUT2D eigenvalue weighted by atomic mass is 10.0. The molecule has 1 saturated heterocycles. The van der Waals surface area contributed by atoms with Crippen molar-refractivity contribution < 1.29 is 18.7 Å². The zero-order valence-corrected chi connectivity index (χ0v) is 25.9. The quantitative estimate of drug-likeness (QED) is 0.297. The van der Waals surface area contributed by atoms with E-state index in [1.54, 1.807) is 20.8 Å². The second-order valence-corrected chi connectivity index (χ2v) is 13.8. The van der Waals surface area contributed by atoms with Crippen molar-refractivity contribution in [1.29, 1.82) is 0 Å². The van der Waals surface area contributed by atoms with E-state index in [-0.39, 0.29) is 28.6 Å². The second-order valence-electron chi connectivity index (χ2n) is 12.8. The number of aromatic nitrogens is 2. The molecule has 1 aromatic carbocycles. The number of fused-ring (bicyclic) bond motifs is 5. The Balaban J connectivity index is 1.35. The number of carbonyl (C=O) groups is 2. The molecule has 2 N–H and O–H groups in total. The predicted octanol–water partition coefficient (Wildman–Crippen LogP) is 5.58. The van der Waals surface area contributed by atoms with Crippen LogP contribution in [0.1, 0.15) is 81.3 Å². The van der Waals surface area contributed by atoms with E-state index in [0.717, 1.165) is 36.0 Å². The van der Waals surface area contributed by atoms with Crippen LogP contribution in [0.3, 0.4) is 0 Å². The van der Waals surface area contributed by atoms with Gasteiger partial charge in [0.25, 0.3) is 5.91 Å². The number of para-hydroxylation sites is 1. The number of hydrogen-bond donors (Lipinski definition) is 2. The number of hydrogen-bond acceptors (Lipinski definition) is 7. The highest BCUT2D eigenvalue weighted by Gasteiger charge is 2.32. The molecule has 43 heavy (non-hydrogen) atoms. The summed E-state index contributed by atoms with van der Waals surface area (Å²) >= 11 is 1.36. The van der Waals surface area contributed by atoms with Crippen LogP contribution < -0.4 is 16.1 Å². The van der Waals surface area contributed by atoms with Crippen molar-refractivity contribution in [2.75, 3.05) is 20.1 Å². The standard InChI is InChI=1S/C32H38FN5O4S/c1-32(2,3)42-31(41)35-19-12-11-18(16-19)26-22(33)17-21-27(39)25(29(40)34-14-13-20-8-7-15-37(20)4)30-38(28(21)36-26)23-9-5-6-10-24(23)43-30/h5-6,9-10,17-20H,7-8,11-16H2,1-4H3,(H,34,40)(H,35,41). The minimum Gasteiger partial charge on any atom is -0.444 e. The lowest BCUT2D eigenvalue weighted by Crippen LogP contribution is -2.37. The Morgan fingerprint density at radius 1 is 1.19 bits per heavy atom. The van der Waals surface area contributed by atoms with Crippen molar-refractivity contribution in [2.45, 2.75) is 82.9 Å². The van der Waals surface area contributed by atoms with Crippen LogP contribution >= 0.6 is 11.3 Å². The molecule has 2 aliphatic rings. The second kappa shape index (κ2) is 11.5. The van der Waals surface area contributed by atoms with Crippen LogP contribution in [0.4, 0.5) is 9.18 Å². The fraction of sp³-hybridized carbons (Fsp3) is 0.500. The molecule has 2 fully saturated rings. The molecule has 0 bridgehead atoms. The Morgan fingerprint density at radius 3 is 2.72 bits per heavy atom. The summed E-state index contributed by atoms with van der Waals surface area (Å²) in [5.41, 5.74) is 0.285. The van der Waals surface area contributed by atoms with Gasteiger partial charge in [0, 0.05) is 24.5 Å². The number of nitrogens with zero attached hydrogens (tertiary/aromatic N) is 3. The number of likely N-dealkylation sites (tertiary alicyclic amines) is 1. The van der Waals surface area contributed by atoms with E-state index in [1.165, 1.54) is 17.4 Å². The van der Waals surface area contributed by atoms with Crippen molar-refractivity contribution in [2.24, 2.45) is 0 Å². The van der Waals surface area contributed by atoms with Crippen LogP contribution in [-0.4, -0.2) is 64.1 Å². The third-order valence-electron chi connectivity index (χ3n) is 8.60. The molecule has 1 saturated carbocycles. The summed E-state index contributed by atoms with van der Waals surface area (Å²) in [5.74, 6) is -1.27. The lowest BCUT2D eigenvalue weighted by Gasteiger charge is -2.21. The highest BCUT2D eigenvalue weighted by molar-refractivity contribution is 7.24. The highest BCUT2D eigenvalue weighted by atomic mass is 32.1. The first-order valence-corrected chi connectivity index (χ1v) is 15.9. The summed E-state index contributed by atoms with van der Waals surface area (Å²) in [5, 5.41) is 5.93. The molecule has 228 valence electrons. The molecule has 0 spiro atoms. The first kappa shape index (κ1) is 29.5. The Labute approximate surface area is 253 Å². The average molecular weight is 608 g/mol. The van der Waals surface area contributed by atoms with E-state index in [1.807, 2.05) is 28.7 Å². The van der Waals surface area contributed by atoms with Gasteiger partial charge in [-0.3, -0.25) is 14.0 Å². The topological polar surface area (TPSA) is 105 Å². The van der Waals surface area contributed by atoms with Gasteiger partial charge in [0.05, 0.1) is 21.3 Å². The SMILES string of the molecule is CN1CCCC1CCNC(=O)c1c(=O)c2cc(F)c(C3CCC(NC(=O)OC(C)(C)C)C3)nc2n2c1sc1ccccc12. The van der Waals surface area contributed by atoms with E-state index in [2.05, 4.69) is 22.6 Å². The van der Waals surface area contributed by atoms with Gasteiger partial charge in [-0.15, -0.1) is 11.3 Å². The molecule has 0 radical (unpaired) electrons. The number of rotatable bonds is 6. The van der Waals surface area contributed by atoms with Gasteiger partial charge in [0.2, 0.25) is 5.43 Å². The normalized spacial score (nSPS) is 21.2. The minimum absolute atomic E-state index is 0.0184. The van der Waals surface area contributed by atoms with Crippen molar-refractivity contribution in [3.63, 3.8) is 0 Å². The van der Waals surface area contributed by atoms with Crippen molar-refractivity contribution in [3.05, 3.63) is 57.6 Å². The van der Waals surface area contributed by atoms with Crippen molar-refractivity contribution in [1.82, 2.24) is 24.9 Å². The first-order chi connectivity index (χ1) is 20.5. The van der Waals surface area contributed by atoms with Crippen LogP contribution in [0, 0.1) is 5.82 Å². The molecule has 9 nitrogen and oxygen atoms in total. The number of carbonyl (C=O) groups excluding carboxylic acids is 2. The van der Waals surface area contributed by atoms with E-state index in [9.17, 15) is 14.4 Å². The van der Waals surface area contributed by atoms with Crippen LogP contribution in [-0.2, 0) is 4.74 Å². The summed E-state index contributed by atoms with van der Waals surface area (Å²) < 4.78 is 23.8. The number of pyridine rings is 2. The molecule has 1 aliphatic carbocycles. The maximum absolute atomic E-state index is 15.7. The highest BCUT2D eigenvalue weighted by Crippen LogP contribution is 2.37. The van der Waals surface area contributed by atoms with Crippen molar-refractivity contribution >= 4 is 49.4 Å². The zero-order chi connectivity index (χ0) is 30.5. The van der Waals surface area contributed by atoms with Gasteiger partial charge in [-0.25, -0.2) is 14.2 Å². The largest absolute Gasteiger partial charge is 0.444 e.